The normalized spacial score (nSPS) is 17.2. The molecule has 0 saturated carbocycles. The number of rotatable bonds is 5. The Hall–Kier alpha value is -0.680. The van der Waals surface area contributed by atoms with Crippen molar-refractivity contribution < 1.29 is 4.79 Å². The van der Waals surface area contributed by atoms with Gasteiger partial charge >= 0.3 is 0 Å². The minimum absolute atomic E-state index is 0.274. The zero-order valence-corrected chi connectivity index (χ0v) is 15.2. The van der Waals surface area contributed by atoms with Crippen LogP contribution >= 0.6 is 15.9 Å². The van der Waals surface area contributed by atoms with Gasteiger partial charge in [-0.3, -0.25) is 14.4 Å². The summed E-state index contributed by atoms with van der Waals surface area (Å²) in [6.07, 6.45) is 5.00. The van der Waals surface area contributed by atoms with Crippen LogP contribution in [0.4, 0.5) is 0 Å². The molecule has 21 heavy (non-hydrogen) atoms. The molecule has 1 saturated heterocycles. The first-order valence-corrected chi connectivity index (χ1v) is 8.65. The Morgan fingerprint density at radius 1 is 1.29 bits per heavy atom. The van der Waals surface area contributed by atoms with Crippen molar-refractivity contribution in [3.63, 3.8) is 0 Å². The van der Waals surface area contributed by atoms with Crippen LogP contribution in [-0.2, 0) is 24.7 Å². The molecule has 0 radical (unpaired) electrons. The number of piperidine rings is 1. The van der Waals surface area contributed by atoms with Gasteiger partial charge in [-0.15, -0.1) is 0 Å². The van der Waals surface area contributed by atoms with Crippen LogP contribution in [0.25, 0.3) is 0 Å². The summed E-state index contributed by atoms with van der Waals surface area (Å²) in [5.41, 5.74) is 1.62. The highest BCUT2D eigenvalue weighted by Gasteiger charge is 2.35. The third-order valence-electron chi connectivity index (χ3n) is 4.66. The molecule has 0 aromatic carbocycles. The molecule has 0 spiro atoms. The third kappa shape index (κ3) is 3.39. The first kappa shape index (κ1) is 16.7. The number of likely N-dealkylation sites (tertiary alicyclic amines) is 1. The lowest BCUT2D eigenvalue weighted by atomic mass is 9.91. The summed E-state index contributed by atoms with van der Waals surface area (Å²) in [4.78, 5) is 15.2. The van der Waals surface area contributed by atoms with E-state index in [4.69, 9.17) is 0 Å². The molecule has 0 unspecified atom stereocenters. The molecule has 0 atom stereocenters. The van der Waals surface area contributed by atoms with Crippen molar-refractivity contribution in [2.75, 3.05) is 13.1 Å². The fourth-order valence-corrected chi connectivity index (χ4v) is 3.77. The molecule has 2 heterocycles. The number of hydrogen-bond acceptors (Lipinski definition) is 3. The van der Waals surface area contributed by atoms with E-state index in [-0.39, 0.29) is 5.78 Å². The van der Waals surface area contributed by atoms with Crippen molar-refractivity contribution in [1.29, 1.82) is 0 Å². The van der Waals surface area contributed by atoms with Crippen LogP contribution in [0.15, 0.2) is 4.47 Å². The van der Waals surface area contributed by atoms with E-state index in [1.807, 2.05) is 11.7 Å². The maximum Gasteiger partial charge on any atom is 0.158 e. The van der Waals surface area contributed by atoms with Gasteiger partial charge in [0.1, 0.15) is 0 Å². The Labute approximate surface area is 136 Å². The van der Waals surface area contributed by atoms with Crippen molar-refractivity contribution in [3.8, 4) is 0 Å². The number of carbonyl (C=O) groups excluding carboxylic acids is 1. The van der Waals surface area contributed by atoms with Gasteiger partial charge in [0.25, 0.3) is 0 Å². The number of halogens is 1. The molecule has 1 aromatic rings. The van der Waals surface area contributed by atoms with Gasteiger partial charge in [-0.2, -0.15) is 5.10 Å². The minimum Gasteiger partial charge on any atom is -0.297 e. The van der Waals surface area contributed by atoms with Crippen LogP contribution in [0.2, 0.25) is 0 Å². The first-order chi connectivity index (χ1) is 9.87. The van der Waals surface area contributed by atoms with Crippen LogP contribution in [0.3, 0.4) is 0 Å². The molecule has 0 bridgehead atoms. The van der Waals surface area contributed by atoms with Gasteiger partial charge in [0.05, 0.1) is 27.8 Å². The number of aryl methyl sites for hydroxylation is 2. The average Bonchev–Trinajstić information content (AvgIpc) is 2.75. The summed E-state index contributed by atoms with van der Waals surface area (Å²) >= 11 is 3.60. The Morgan fingerprint density at radius 3 is 2.43 bits per heavy atom. The molecule has 1 aliphatic rings. The number of carbonyl (C=O) groups is 1. The predicted molar refractivity (Wildman–Crippen MR) is 88.5 cm³/mol. The molecular formula is C16H26BrN3O. The van der Waals surface area contributed by atoms with E-state index in [2.05, 4.69) is 46.7 Å². The van der Waals surface area contributed by atoms with Gasteiger partial charge in [0, 0.05) is 7.05 Å². The maximum absolute atomic E-state index is 12.8. The Morgan fingerprint density at radius 2 is 1.90 bits per heavy atom. The highest BCUT2D eigenvalue weighted by molar-refractivity contribution is 9.10. The van der Waals surface area contributed by atoms with Gasteiger partial charge < -0.3 is 0 Å². The lowest BCUT2D eigenvalue weighted by Crippen LogP contribution is -2.52. The first-order valence-electron chi connectivity index (χ1n) is 7.86. The van der Waals surface area contributed by atoms with Crippen LogP contribution in [0.1, 0.15) is 51.4 Å². The number of Topliss-reactive ketones (excluding diaryl/α,β-unsaturated/α-hetero) is 1. The second-order valence-corrected chi connectivity index (χ2v) is 7.18. The van der Waals surface area contributed by atoms with E-state index < -0.39 is 5.54 Å². The molecule has 0 amide bonds. The van der Waals surface area contributed by atoms with E-state index in [1.54, 1.807) is 0 Å². The van der Waals surface area contributed by atoms with Crippen molar-refractivity contribution in [2.45, 2.75) is 58.4 Å². The predicted octanol–water partition coefficient (Wildman–Crippen LogP) is 3.12. The maximum atomic E-state index is 12.8. The van der Waals surface area contributed by atoms with E-state index >= 15 is 0 Å². The van der Waals surface area contributed by atoms with Gasteiger partial charge in [-0.05, 0) is 62.1 Å². The van der Waals surface area contributed by atoms with E-state index in [0.717, 1.165) is 35.4 Å². The lowest BCUT2D eigenvalue weighted by Gasteiger charge is -2.39. The molecule has 5 heteroatoms. The summed E-state index contributed by atoms with van der Waals surface area (Å²) in [5, 5.41) is 4.48. The quantitative estimate of drug-likeness (QED) is 0.814. The lowest BCUT2D eigenvalue weighted by molar-refractivity contribution is -0.129. The number of ketones is 1. The van der Waals surface area contributed by atoms with Crippen LogP contribution in [-0.4, -0.2) is 39.1 Å². The van der Waals surface area contributed by atoms with Gasteiger partial charge in [-0.1, -0.05) is 13.3 Å². The van der Waals surface area contributed by atoms with Crippen LogP contribution in [0.5, 0.6) is 0 Å². The molecule has 2 rings (SSSR count). The van der Waals surface area contributed by atoms with Crippen molar-refractivity contribution in [1.82, 2.24) is 14.7 Å². The topological polar surface area (TPSA) is 38.1 Å². The van der Waals surface area contributed by atoms with E-state index in [0.29, 0.717) is 6.42 Å². The Balaban J connectivity index is 2.15. The molecule has 1 aromatic heterocycles. The fraction of sp³-hybridized carbons (Fsp3) is 0.750. The number of aromatic nitrogens is 2. The summed E-state index contributed by atoms with van der Waals surface area (Å²) in [7, 11) is 1.92. The highest BCUT2D eigenvalue weighted by atomic mass is 79.9. The van der Waals surface area contributed by atoms with Crippen molar-refractivity contribution in [2.24, 2.45) is 7.05 Å². The minimum atomic E-state index is -0.392. The second-order valence-electron chi connectivity index (χ2n) is 6.39. The zero-order valence-electron chi connectivity index (χ0n) is 13.6. The molecule has 4 nitrogen and oxygen atoms in total. The Bertz CT molecular complexity index is 516. The molecule has 0 N–H and O–H groups in total. The largest absolute Gasteiger partial charge is 0.297 e. The number of nitrogens with zero attached hydrogens (tertiary/aromatic N) is 3. The SMILES string of the molecule is CCc1nn(C)c(CC(=O)C(C)(C)N2CCCCC2)c1Br. The highest BCUT2D eigenvalue weighted by Crippen LogP contribution is 2.26. The zero-order chi connectivity index (χ0) is 15.6. The van der Waals surface area contributed by atoms with Gasteiger partial charge in [0.15, 0.2) is 5.78 Å². The average molecular weight is 356 g/mol. The summed E-state index contributed by atoms with van der Waals surface area (Å²) < 4.78 is 2.84. The standard InChI is InChI=1S/C16H26BrN3O/c1-5-12-15(17)13(19(4)18-12)11-14(21)16(2,3)20-9-7-6-8-10-20/h5-11H2,1-4H3. The molecule has 118 valence electrons. The smallest absolute Gasteiger partial charge is 0.158 e. The molecule has 0 aliphatic carbocycles. The van der Waals surface area contributed by atoms with Crippen LogP contribution in [0, 0.1) is 0 Å². The fourth-order valence-electron chi connectivity index (χ4n) is 3.01. The summed E-state index contributed by atoms with van der Waals surface area (Å²) in [6.45, 7) is 8.27. The molecular weight excluding hydrogens is 330 g/mol. The van der Waals surface area contributed by atoms with Crippen LogP contribution < -0.4 is 0 Å². The molecule has 1 aliphatic heterocycles. The van der Waals surface area contributed by atoms with Gasteiger partial charge in [-0.25, -0.2) is 0 Å². The molecule has 1 fully saturated rings. The van der Waals surface area contributed by atoms with Crippen molar-refractivity contribution >= 4 is 21.7 Å². The summed E-state index contributed by atoms with van der Waals surface area (Å²) in [6, 6.07) is 0. The summed E-state index contributed by atoms with van der Waals surface area (Å²) in [5.74, 6) is 0.274. The second kappa shape index (κ2) is 6.61. The van der Waals surface area contributed by atoms with Crippen molar-refractivity contribution in [3.05, 3.63) is 15.9 Å². The van der Waals surface area contributed by atoms with E-state index in [1.165, 1.54) is 19.3 Å². The monoisotopic (exact) mass is 355 g/mol. The third-order valence-corrected chi connectivity index (χ3v) is 5.58. The van der Waals surface area contributed by atoms with Gasteiger partial charge in [0.2, 0.25) is 0 Å². The Kier molecular flexibility index (Phi) is 5.25. The number of hydrogen-bond donors (Lipinski definition) is 0. The van der Waals surface area contributed by atoms with E-state index in [9.17, 15) is 4.79 Å².